The molecule has 25 heavy (non-hydrogen) atoms. The van der Waals surface area contributed by atoms with Crippen LogP contribution in [0.5, 0.6) is 0 Å². The molecule has 2 aromatic rings. The number of halogens is 1. The molecule has 132 valence electrons. The number of benzene rings is 1. The molecule has 1 aromatic heterocycles. The lowest BCUT2D eigenvalue weighted by Gasteiger charge is -2.26. The number of rotatable bonds is 5. The molecule has 1 aromatic carbocycles. The number of nitrogens with one attached hydrogen (secondary N) is 1. The van der Waals surface area contributed by atoms with E-state index in [1.54, 1.807) is 25.1 Å². The highest BCUT2D eigenvalue weighted by molar-refractivity contribution is 5.93. The van der Waals surface area contributed by atoms with Gasteiger partial charge in [-0.1, -0.05) is 18.2 Å². The minimum atomic E-state index is -0.205. The van der Waals surface area contributed by atoms with Crippen LogP contribution in [0.2, 0.25) is 0 Å². The number of carbonyl (C=O) groups is 1. The van der Waals surface area contributed by atoms with Crippen LogP contribution in [0.15, 0.2) is 30.3 Å². The molecule has 1 aliphatic rings. The molecule has 0 spiro atoms. The summed E-state index contributed by atoms with van der Waals surface area (Å²) in [5.74, 6) is 0.909. The van der Waals surface area contributed by atoms with E-state index in [-0.39, 0.29) is 11.7 Å². The Labute approximate surface area is 147 Å². The highest BCUT2D eigenvalue weighted by Crippen LogP contribution is 2.15. The fourth-order valence-electron chi connectivity index (χ4n) is 3.05. The summed E-state index contributed by atoms with van der Waals surface area (Å²) in [6.07, 6.45) is 3.81. The Morgan fingerprint density at radius 1 is 1.20 bits per heavy atom. The van der Waals surface area contributed by atoms with Gasteiger partial charge in [-0.3, -0.25) is 4.79 Å². The molecule has 6 heteroatoms. The van der Waals surface area contributed by atoms with Gasteiger partial charge >= 0.3 is 0 Å². The Bertz CT molecular complexity index is 744. The maximum Gasteiger partial charge on any atom is 0.272 e. The quantitative estimate of drug-likeness (QED) is 0.906. The van der Waals surface area contributed by atoms with Gasteiger partial charge in [-0.05, 0) is 44.2 Å². The van der Waals surface area contributed by atoms with Gasteiger partial charge in [0.1, 0.15) is 23.2 Å². The van der Waals surface area contributed by atoms with E-state index in [0.29, 0.717) is 35.9 Å². The van der Waals surface area contributed by atoms with Gasteiger partial charge in [0.25, 0.3) is 5.91 Å². The van der Waals surface area contributed by atoms with Crippen LogP contribution in [0.3, 0.4) is 0 Å². The highest BCUT2D eigenvalue weighted by Gasteiger charge is 2.20. The van der Waals surface area contributed by atoms with E-state index in [9.17, 15) is 9.18 Å². The number of hydrogen-bond acceptors (Lipinski definition) is 4. The second kappa shape index (κ2) is 8.05. The second-order valence-electron chi connectivity index (χ2n) is 6.31. The highest BCUT2D eigenvalue weighted by atomic mass is 19.1. The first-order valence-corrected chi connectivity index (χ1v) is 8.76. The van der Waals surface area contributed by atoms with Gasteiger partial charge in [-0.25, -0.2) is 14.4 Å². The van der Waals surface area contributed by atoms with Gasteiger partial charge in [-0.15, -0.1) is 0 Å². The molecule has 0 unspecified atom stereocenters. The van der Waals surface area contributed by atoms with Gasteiger partial charge in [0.05, 0.1) is 0 Å². The van der Waals surface area contributed by atoms with Crippen LogP contribution in [0.1, 0.15) is 41.1 Å². The molecule has 2 heterocycles. The van der Waals surface area contributed by atoms with Crippen LogP contribution in [-0.4, -0.2) is 40.4 Å². The van der Waals surface area contributed by atoms with Gasteiger partial charge < -0.3 is 10.2 Å². The van der Waals surface area contributed by atoms with Crippen molar-refractivity contribution in [2.75, 3.05) is 25.0 Å². The van der Waals surface area contributed by atoms with E-state index in [1.807, 2.05) is 11.0 Å². The SMILES string of the molecule is Cc1nc(NCCc2ccccc2F)cc(C(=O)N2CCCCC2)n1. The summed E-state index contributed by atoms with van der Waals surface area (Å²) in [7, 11) is 0. The zero-order valence-corrected chi connectivity index (χ0v) is 14.5. The van der Waals surface area contributed by atoms with Gasteiger partial charge in [0, 0.05) is 25.7 Å². The molecular formula is C19H23FN4O. The summed E-state index contributed by atoms with van der Waals surface area (Å²) in [5.41, 5.74) is 1.08. The van der Waals surface area contributed by atoms with Crippen molar-refractivity contribution in [3.63, 3.8) is 0 Å². The van der Waals surface area contributed by atoms with Gasteiger partial charge in [0.2, 0.25) is 0 Å². The largest absolute Gasteiger partial charge is 0.370 e. The molecular weight excluding hydrogens is 319 g/mol. The fourth-order valence-corrected chi connectivity index (χ4v) is 3.05. The number of hydrogen-bond donors (Lipinski definition) is 1. The Morgan fingerprint density at radius 2 is 1.96 bits per heavy atom. The van der Waals surface area contributed by atoms with Crippen molar-refractivity contribution in [2.45, 2.75) is 32.6 Å². The van der Waals surface area contributed by atoms with Gasteiger partial charge in [-0.2, -0.15) is 0 Å². The van der Waals surface area contributed by atoms with E-state index in [2.05, 4.69) is 15.3 Å². The monoisotopic (exact) mass is 342 g/mol. The van der Waals surface area contributed by atoms with Crippen LogP contribution in [-0.2, 0) is 6.42 Å². The Morgan fingerprint density at radius 3 is 2.72 bits per heavy atom. The molecule has 1 amide bonds. The minimum absolute atomic E-state index is 0.0395. The molecule has 0 radical (unpaired) electrons. The maximum atomic E-state index is 13.7. The first kappa shape index (κ1) is 17.3. The van der Waals surface area contributed by atoms with Crippen molar-refractivity contribution < 1.29 is 9.18 Å². The van der Waals surface area contributed by atoms with Crippen LogP contribution >= 0.6 is 0 Å². The van der Waals surface area contributed by atoms with Crippen LogP contribution < -0.4 is 5.32 Å². The van der Waals surface area contributed by atoms with Crippen LogP contribution in [0.4, 0.5) is 10.2 Å². The molecule has 0 atom stereocenters. The lowest BCUT2D eigenvalue weighted by molar-refractivity contribution is 0.0718. The zero-order valence-electron chi connectivity index (χ0n) is 14.5. The standard InChI is InChI=1S/C19H23FN4O/c1-14-22-17(19(25)24-11-5-2-6-12-24)13-18(23-14)21-10-9-15-7-3-4-8-16(15)20/h3-4,7-8,13H,2,5-6,9-12H2,1H3,(H,21,22,23). The number of amides is 1. The maximum absolute atomic E-state index is 13.7. The summed E-state index contributed by atoms with van der Waals surface area (Å²) in [4.78, 5) is 23.1. The molecule has 1 saturated heterocycles. The summed E-state index contributed by atoms with van der Waals surface area (Å²) in [6.45, 7) is 3.89. The number of carbonyl (C=O) groups excluding carboxylic acids is 1. The van der Waals surface area contributed by atoms with Crippen molar-refractivity contribution in [2.24, 2.45) is 0 Å². The molecule has 1 fully saturated rings. The van der Waals surface area contributed by atoms with Crippen molar-refractivity contribution in [1.82, 2.24) is 14.9 Å². The second-order valence-corrected chi connectivity index (χ2v) is 6.31. The van der Waals surface area contributed by atoms with E-state index in [4.69, 9.17) is 0 Å². The van der Waals surface area contributed by atoms with E-state index < -0.39 is 0 Å². The normalized spacial score (nSPS) is 14.4. The predicted octanol–water partition coefficient (Wildman–Crippen LogP) is 3.20. The Kier molecular flexibility index (Phi) is 5.58. The first-order valence-electron chi connectivity index (χ1n) is 8.76. The summed E-state index contributed by atoms with van der Waals surface area (Å²) in [6, 6.07) is 8.42. The molecule has 0 saturated carbocycles. The zero-order chi connectivity index (χ0) is 17.6. The van der Waals surface area contributed by atoms with Crippen molar-refractivity contribution >= 4 is 11.7 Å². The number of nitrogens with zero attached hydrogens (tertiary/aromatic N) is 3. The average molecular weight is 342 g/mol. The molecule has 1 N–H and O–H groups in total. The number of aromatic nitrogens is 2. The van der Waals surface area contributed by atoms with E-state index >= 15 is 0 Å². The molecule has 0 aliphatic carbocycles. The van der Waals surface area contributed by atoms with E-state index in [0.717, 1.165) is 25.9 Å². The van der Waals surface area contributed by atoms with E-state index in [1.165, 1.54) is 12.5 Å². The summed E-state index contributed by atoms with van der Waals surface area (Å²) in [5, 5.41) is 3.17. The lowest BCUT2D eigenvalue weighted by Crippen LogP contribution is -2.36. The fraction of sp³-hybridized carbons (Fsp3) is 0.421. The topological polar surface area (TPSA) is 58.1 Å². The molecule has 5 nitrogen and oxygen atoms in total. The summed E-state index contributed by atoms with van der Waals surface area (Å²) < 4.78 is 13.7. The third-order valence-corrected chi connectivity index (χ3v) is 4.36. The Hall–Kier alpha value is -2.50. The van der Waals surface area contributed by atoms with Crippen molar-refractivity contribution in [3.8, 4) is 0 Å². The average Bonchev–Trinajstić information content (AvgIpc) is 2.63. The number of anilines is 1. The molecule has 1 aliphatic heterocycles. The predicted molar refractivity (Wildman–Crippen MR) is 95.1 cm³/mol. The smallest absolute Gasteiger partial charge is 0.272 e. The van der Waals surface area contributed by atoms with Crippen molar-refractivity contribution in [3.05, 3.63) is 53.2 Å². The summed E-state index contributed by atoms with van der Waals surface area (Å²) >= 11 is 0. The number of piperidine rings is 1. The first-order chi connectivity index (χ1) is 12.1. The third-order valence-electron chi connectivity index (χ3n) is 4.36. The van der Waals surface area contributed by atoms with Crippen LogP contribution in [0.25, 0.3) is 0 Å². The van der Waals surface area contributed by atoms with Crippen molar-refractivity contribution in [1.29, 1.82) is 0 Å². The molecule has 3 rings (SSSR count). The lowest BCUT2D eigenvalue weighted by atomic mass is 10.1. The van der Waals surface area contributed by atoms with Crippen LogP contribution in [0, 0.1) is 12.7 Å². The number of likely N-dealkylation sites (tertiary alicyclic amines) is 1. The number of aryl methyl sites for hydroxylation is 1. The molecule has 0 bridgehead atoms. The Balaban J connectivity index is 1.65. The third kappa shape index (κ3) is 4.53. The van der Waals surface area contributed by atoms with Gasteiger partial charge in [0.15, 0.2) is 0 Å². The minimum Gasteiger partial charge on any atom is -0.370 e.